The summed E-state index contributed by atoms with van der Waals surface area (Å²) in [6.45, 7) is 4.69. The second-order valence-corrected chi connectivity index (χ2v) is 12.7. The number of imide groups is 1. The fraction of sp³-hybridized carbons (Fsp3) is 0.312. The van der Waals surface area contributed by atoms with Gasteiger partial charge in [0.1, 0.15) is 17.3 Å². The van der Waals surface area contributed by atoms with Gasteiger partial charge in [0.2, 0.25) is 10.0 Å². The smallest absolute Gasteiger partial charge is 0.271 e. The summed E-state index contributed by atoms with van der Waals surface area (Å²) in [6, 6.07) is 18.0. The minimum atomic E-state index is -3.73. The number of ether oxygens (including phenoxy) is 1. The van der Waals surface area contributed by atoms with Gasteiger partial charge in [-0.15, -0.1) is 0 Å². The molecule has 3 aromatic rings. The monoisotopic (exact) mass is 599 g/mol. The molecular weight excluding hydrogens is 566 g/mol. The topological polar surface area (TPSA) is 126 Å². The van der Waals surface area contributed by atoms with E-state index in [1.54, 1.807) is 48.1 Å². The van der Waals surface area contributed by atoms with Crippen molar-refractivity contribution in [1.82, 2.24) is 19.0 Å². The van der Waals surface area contributed by atoms with Crippen LogP contribution in [0.5, 0.6) is 0 Å². The van der Waals surface area contributed by atoms with Crippen molar-refractivity contribution in [1.29, 1.82) is 5.26 Å². The van der Waals surface area contributed by atoms with Crippen molar-refractivity contribution in [2.75, 3.05) is 33.4 Å². The first-order valence-corrected chi connectivity index (χ1v) is 15.5. The van der Waals surface area contributed by atoms with Gasteiger partial charge in [-0.05, 0) is 61.6 Å². The molecule has 2 aromatic carbocycles. The molecule has 2 amide bonds. The highest BCUT2D eigenvalue weighted by molar-refractivity contribution is 7.89. The molecule has 1 fully saturated rings. The van der Waals surface area contributed by atoms with Crippen molar-refractivity contribution in [2.45, 2.75) is 31.6 Å². The van der Waals surface area contributed by atoms with Crippen LogP contribution in [0.25, 0.3) is 23.0 Å². The molecule has 2 aliphatic rings. The summed E-state index contributed by atoms with van der Waals surface area (Å²) in [6.07, 6.45) is 5.16. The second-order valence-electron chi connectivity index (χ2n) is 10.8. The maximum atomic E-state index is 13.6. The molecule has 1 atom stereocenters. The summed E-state index contributed by atoms with van der Waals surface area (Å²) in [4.78, 5) is 27.6. The molecule has 222 valence electrons. The lowest BCUT2D eigenvalue weighted by molar-refractivity contribution is -0.141. The third kappa shape index (κ3) is 5.95. The van der Waals surface area contributed by atoms with Crippen LogP contribution in [-0.4, -0.2) is 72.6 Å². The van der Waals surface area contributed by atoms with Crippen LogP contribution in [0.4, 0.5) is 0 Å². The van der Waals surface area contributed by atoms with Crippen LogP contribution in [-0.2, 0) is 24.3 Å². The number of nitrogens with zero attached hydrogens (tertiary/aromatic N) is 5. The van der Waals surface area contributed by atoms with Crippen LogP contribution in [0, 0.1) is 17.2 Å². The number of rotatable bonds is 8. The molecule has 0 aliphatic carbocycles. The number of carbonyl (C=O) groups is 2. The van der Waals surface area contributed by atoms with Gasteiger partial charge in [-0.2, -0.15) is 14.7 Å². The molecule has 1 saturated heterocycles. The highest BCUT2D eigenvalue weighted by atomic mass is 32.2. The standard InChI is InChI=1S/C32H33N5O5S/c1-22-9-8-14-35(20-22)43(40,41)27-13-7-10-24(17-27)30-25(21-37(34-30)26-11-5-4-6-12-26)18-28-23(2)29(19-33)32(39)36(31(28)38)15-16-42-3/h4-7,10-13,17-18,21-22H,8-9,14-16,20H2,1-3H3/b28-18+. The summed E-state index contributed by atoms with van der Waals surface area (Å²) in [5.41, 5.74) is 2.59. The third-order valence-corrected chi connectivity index (χ3v) is 9.63. The normalized spacial score (nSPS) is 19.3. The van der Waals surface area contributed by atoms with E-state index in [2.05, 4.69) is 6.92 Å². The van der Waals surface area contributed by atoms with Gasteiger partial charge in [0, 0.05) is 43.1 Å². The molecule has 0 spiro atoms. The predicted molar refractivity (Wildman–Crippen MR) is 161 cm³/mol. The Hall–Kier alpha value is -4.37. The van der Waals surface area contributed by atoms with E-state index in [1.807, 2.05) is 36.4 Å². The van der Waals surface area contributed by atoms with E-state index in [-0.39, 0.29) is 40.7 Å². The van der Waals surface area contributed by atoms with Gasteiger partial charge in [-0.1, -0.05) is 37.3 Å². The van der Waals surface area contributed by atoms with Crippen molar-refractivity contribution >= 4 is 27.9 Å². The van der Waals surface area contributed by atoms with Gasteiger partial charge in [0.25, 0.3) is 11.8 Å². The quantitative estimate of drug-likeness (QED) is 0.281. The maximum Gasteiger partial charge on any atom is 0.271 e. The first-order valence-electron chi connectivity index (χ1n) is 14.1. The lowest BCUT2D eigenvalue weighted by Gasteiger charge is -2.30. The zero-order chi connectivity index (χ0) is 30.7. The molecule has 3 heterocycles. The molecule has 11 heteroatoms. The van der Waals surface area contributed by atoms with E-state index in [1.165, 1.54) is 11.4 Å². The van der Waals surface area contributed by atoms with E-state index in [9.17, 15) is 23.3 Å². The van der Waals surface area contributed by atoms with Crippen molar-refractivity contribution in [3.63, 3.8) is 0 Å². The summed E-state index contributed by atoms with van der Waals surface area (Å²) in [5, 5.41) is 14.6. The van der Waals surface area contributed by atoms with Crippen molar-refractivity contribution in [3.05, 3.63) is 83.1 Å². The largest absolute Gasteiger partial charge is 0.383 e. The molecule has 2 aliphatic heterocycles. The molecule has 1 aromatic heterocycles. The highest BCUT2D eigenvalue weighted by Gasteiger charge is 2.35. The number of carbonyl (C=O) groups excluding carboxylic acids is 2. The van der Waals surface area contributed by atoms with E-state index >= 15 is 0 Å². The van der Waals surface area contributed by atoms with E-state index < -0.39 is 21.8 Å². The van der Waals surface area contributed by atoms with Crippen LogP contribution in [0.2, 0.25) is 0 Å². The summed E-state index contributed by atoms with van der Waals surface area (Å²) >= 11 is 0. The Morgan fingerprint density at radius 3 is 2.58 bits per heavy atom. The fourth-order valence-electron chi connectivity index (χ4n) is 5.42. The Labute approximate surface area is 251 Å². The van der Waals surface area contributed by atoms with E-state index in [0.29, 0.717) is 29.9 Å². The maximum absolute atomic E-state index is 13.6. The van der Waals surface area contributed by atoms with E-state index in [0.717, 1.165) is 23.4 Å². The summed E-state index contributed by atoms with van der Waals surface area (Å²) < 4.78 is 35.5. The Kier molecular flexibility index (Phi) is 8.73. The summed E-state index contributed by atoms with van der Waals surface area (Å²) in [5.74, 6) is -0.929. The number of para-hydroxylation sites is 1. The molecule has 0 bridgehead atoms. The number of benzene rings is 2. The number of piperidine rings is 1. The lowest BCUT2D eigenvalue weighted by atomic mass is 9.93. The Morgan fingerprint density at radius 2 is 1.88 bits per heavy atom. The van der Waals surface area contributed by atoms with Crippen LogP contribution in [0.15, 0.2) is 82.4 Å². The Balaban J connectivity index is 1.65. The number of nitriles is 1. The Bertz CT molecular complexity index is 1770. The molecule has 0 radical (unpaired) electrons. The SMILES string of the molecule is COCCN1C(=O)C(C#N)=C(C)/C(=C\c2cn(-c3ccccc3)nc2-c2cccc(S(=O)(=O)N3CCCC(C)C3)c2)C1=O. The van der Waals surface area contributed by atoms with E-state index in [4.69, 9.17) is 9.84 Å². The average molecular weight is 600 g/mol. The first-order chi connectivity index (χ1) is 20.6. The van der Waals surface area contributed by atoms with Gasteiger partial charge in [-0.3, -0.25) is 14.5 Å². The average Bonchev–Trinajstić information content (AvgIpc) is 3.44. The zero-order valence-corrected chi connectivity index (χ0v) is 25.2. The van der Waals surface area contributed by atoms with Crippen LogP contribution >= 0.6 is 0 Å². The second kappa shape index (κ2) is 12.5. The van der Waals surface area contributed by atoms with Gasteiger partial charge < -0.3 is 4.74 Å². The predicted octanol–water partition coefficient (Wildman–Crippen LogP) is 4.20. The molecule has 0 N–H and O–H groups in total. The Morgan fingerprint density at radius 1 is 1.12 bits per heavy atom. The highest BCUT2D eigenvalue weighted by Crippen LogP contribution is 2.33. The zero-order valence-electron chi connectivity index (χ0n) is 24.4. The molecule has 0 saturated carbocycles. The number of amides is 2. The van der Waals surface area contributed by atoms with Gasteiger partial charge >= 0.3 is 0 Å². The minimum absolute atomic E-state index is 0.00484. The van der Waals surface area contributed by atoms with Crippen LogP contribution in [0.1, 0.15) is 32.3 Å². The van der Waals surface area contributed by atoms with Crippen molar-refractivity contribution in [2.24, 2.45) is 5.92 Å². The molecule has 1 unspecified atom stereocenters. The molecular formula is C32H33N5O5S. The minimum Gasteiger partial charge on any atom is -0.383 e. The van der Waals surface area contributed by atoms with Crippen molar-refractivity contribution in [3.8, 4) is 23.0 Å². The number of methoxy groups -OCH3 is 1. The van der Waals surface area contributed by atoms with Gasteiger partial charge in [0.05, 0.1) is 23.7 Å². The fourth-order valence-corrected chi connectivity index (χ4v) is 7.06. The van der Waals surface area contributed by atoms with Crippen molar-refractivity contribution < 1.29 is 22.7 Å². The lowest BCUT2D eigenvalue weighted by Crippen LogP contribution is -2.44. The van der Waals surface area contributed by atoms with Crippen LogP contribution < -0.4 is 0 Å². The van der Waals surface area contributed by atoms with Crippen LogP contribution in [0.3, 0.4) is 0 Å². The number of hydrogen-bond acceptors (Lipinski definition) is 7. The number of aromatic nitrogens is 2. The van der Waals surface area contributed by atoms with Gasteiger partial charge in [0.15, 0.2) is 0 Å². The number of hydrogen-bond donors (Lipinski definition) is 0. The molecule has 5 rings (SSSR count). The summed E-state index contributed by atoms with van der Waals surface area (Å²) in [7, 11) is -2.27. The number of sulfonamides is 1. The molecule has 43 heavy (non-hydrogen) atoms. The molecule has 10 nitrogen and oxygen atoms in total. The van der Waals surface area contributed by atoms with Gasteiger partial charge in [-0.25, -0.2) is 13.1 Å². The first kappa shape index (κ1) is 30.1. The third-order valence-electron chi connectivity index (χ3n) is 7.77.